The third-order valence-corrected chi connectivity index (χ3v) is 3.99. The molecule has 0 bridgehead atoms. The summed E-state index contributed by atoms with van der Waals surface area (Å²) in [7, 11) is -3.50. The maximum Gasteiger partial charge on any atom is 0.338 e. The van der Waals surface area contributed by atoms with Crippen LogP contribution in [0.3, 0.4) is 0 Å². The van der Waals surface area contributed by atoms with Crippen molar-refractivity contribution in [1.82, 2.24) is 4.72 Å². The number of unbranched alkanes of at least 4 members (excludes halogenated alkanes) is 1. The van der Waals surface area contributed by atoms with Crippen LogP contribution < -0.4 is 9.46 Å². The number of ether oxygens (including phenoxy) is 1. The first-order chi connectivity index (χ1) is 9.36. The van der Waals surface area contributed by atoms with Gasteiger partial charge in [0.2, 0.25) is 10.0 Å². The van der Waals surface area contributed by atoms with E-state index in [1.165, 1.54) is 24.3 Å². The molecule has 5 nitrogen and oxygen atoms in total. The van der Waals surface area contributed by atoms with Crippen molar-refractivity contribution in [2.45, 2.75) is 31.6 Å². The summed E-state index contributed by atoms with van der Waals surface area (Å²) in [6.45, 7) is 7.40. The first kappa shape index (κ1) is 16.4. The molecule has 110 valence electrons. The average Bonchev–Trinajstić information content (AvgIpc) is 2.39. The van der Waals surface area contributed by atoms with Crippen molar-refractivity contribution >= 4 is 16.0 Å². The summed E-state index contributed by atoms with van der Waals surface area (Å²) in [5.41, 5.74) is 0.280. The zero-order valence-corrected chi connectivity index (χ0v) is 12.5. The predicted molar refractivity (Wildman–Crippen MR) is 77.0 cm³/mol. The molecule has 0 atom stereocenters. The minimum absolute atomic E-state index is 0.142. The Kier molecular flexibility index (Phi) is 5.91. The van der Waals surface area contributed by atoms with Crippen LogP contribution in [0, 0.1) is 0 Å². The van der Waals surface area contributed by atoms with E-state index in [1.807, 2.05) is 6.92 Å². The van der Waals surface area contributed by atoms with E-state index in [1.54, 1.807) is 6.92 Å². The monoisotopic (exact) mass is 297 g/mol. The van der Waals surface area contributed by atoms with E-state index >= 15 is 0 Å². The van der Waals surface area contributed by atoms with Gasteiger partial charge in [-0.2, -0.15) is 0 Å². The van der Waals surface area contributed by atoms with Gasteiger partial charge in [-0.25, -0.2) is 17.9 Å². The molecule has 1 rings (SSSR count). The van der Waals surface area contributed by atoms with Gasteiger partial charge in [0.15, 0.2) is 0 Å². The first-order valence-corrected chi connectivity index (χ1v) is 7.82. The minimum atomic E-state index is -3.50. The Morgan fingerprint density at radius 2 is 1.90 bits per heavy atom. The van der Waals surface area contributed by atoms with Crippen LogP contribution in [-0.2, 0) is 14.8 Å². The standard InChI is InChI=1S/C14H19NO4S/c1-4-5-10-15-20(17,18)13-8-6-12(7-9-13)19-14(16)11(2)3/h6-9,15H,2,4-5,10H2,1,3H3. The molecule has 0 aliphatic heterocycles. The van der Waals surface area contributed by atoms with E-state index < -0.39 is 16.0 Å². The number of benzene rings is 1. The van der Waals surface area contributed by atoms with Gasteiger partial charge in [-0.1, -0.05) is 19.9 Å². The molecule has 6 heteroatoms. The van der Waals surface area contributed by atoms with E-state index in [-0.39, 0.29) is 16.2 Å². The van der Waals surface area contributed by atoms with E-state index in [9.17, 15) is 13.2 Å². The topological polar surface area (TPSA) is 72.5 Å². The number of esters is 1. The number of rotatable bonds is 7. The molecule has 0 aliphatic rings. The number of hydrogen-bond donors (Lipinski definition) is 1. The van der Waals surface area contributed by atoms with Crippen LogP contribution in [0.1, 0.15) is 26.7 Å². The summed E-state index contributed by atoms with van der Waals surface area (Å²) < 4.78 is 31.3. The molecule has 1 aromatic rings. The van der Waals surface area contributed by atoms with Gasteiger partial charge in [0.1, 0.15) is 5.75 Å². The molecule has 0 fully saturated rings. The second-order valence-corrected chi connectivity index (χ2v) is 6.16. The highest BCUT2D eigenvalue weighted by molar-refractivity contribution is 7.89. The van der Waals surface area contributed by atoms with Gasteiger partial charge >= 0.3 is 5.97 Å². The van der Waals surface area contributed by atoms with Gasteiger partial charge in [0.05, 0.1) is 4.90 Å². The van der Waals surface area contributed by atoms with Crippen LogP contribution in [0.25, 0.3) is 0 Å². The molecule has 0 spiro atoms. The van der Waals surface area contributed by atoms with Gasteiger partial charge in [-0.3, -0.25) is 0 Å². The number of nitrogens with one attached hydrogen (secondary N) is 1. The molecule has 0 radical (unpaired) electrons. The van der Waals surface area contributed by atoms with Crippen molar-refractivity contribution in [2.75, 3.05) is 6.54 Å². The number of carbonyl (C=O) groups is 1. The molecular formula is C14H19NO4S. The zero-order valence-electron chi connectivity index (χ0n) is 11.7. The molecule has 20 heavy (non-hydrogen) atoms. The highest BCUT2D eigenvalue weighted by Gasteiger charge is 2.13. The summed E-state index contributed by atoms with van der Waals surface area (Å²) in [6.07, 6.45) is 1.70. The van der Waals surface area contributed by atoms with E-state index in [2.05, 4.69) is 11.3 Å². The van der Waals surface area contributed by atoms with Gasteiger partial charge in [-0.05, 0) is 37.6 Å². The lowest BCUT2D eigenvalue weighted by molar-refractivity contribution is -0.130. The molecule has 0 saturated carbocycles. The Morgan fingerprint density at radius 3 is 2.40 bits per heavy atom. The molecule has 0 unspecified atom stereocenters. The van der Waals surface area contributed by atoms with Crippen LogP contribution in [0.2, 0.25) is 0 Å². The average molecular weight is 297 g/mol. The molecule has 0 saturated heterocycles. The third-order valence-electron chi connectivity index (χ3n) is 2.52. The quantitative estimate of drug-likeness (QED) is 0.362. The second-order valence-electron chi connectivity index (χ2n) is 4.39. The zero-order chi connectivity index (χ0) is 15.2. The first-order valence-electron chi connectivity index (χ1n) is 6.34. The lowest BCUT2D eigenvalue weighted by Crippen LogP contribution is -2.24. The Labute approximate surface area is 119 Å². The summed E-state index contributed by atoms with van der Waals surface area (Å²) in [4.78, 5) is 11.5. The maximum absolute atomic E-state index is 11.9. The van der Waals surface area contributed by atoms with E-state index in [0.717, 1.165) is 12.8 Å². The van der Waals surface area contributed by atoms with Crippen molar-refractivity contribution in [3.63, 3.8) is 0 Å². The molecule has 0 aromatic heterocycles. The van der Waals surface area contributed by atoms with Gasteiger partial charge < -0.3 is 4.74 Å². The Hall–Kier alpha value is -1.66. The third kappa shape index (κ3) is 4.79. The summed E-state index contributed by atoms with van der Waals surface area (Å²) >= 11 is 0. The molecule has 1 aromatic carbocycles. The largest absolute Gasteiger partial charge is 0.423 e. The van der Waals surface area contributed by atoms with Crippen LogP contribution in [0.5, 0.6) is 5.75 Å². The predicted octanol–water partition coefficient (Wildman–Crippen LogP) is 2.25. The Morgan fingerprint density at radius 1 is 1.30 bits per heavy atom. The van der Waals surface area contributed by atoms with Crippen molar-refractivity contribution in [3.8, 4) is 5.75 Å². The van der Waals surface area contributed by atoms with Crippen molar-refractivity contribution < 1.29 is 17.9 Å². The number of carbonyl (C=O) groups excluding carboxylic acids is 1. The Balaban J connectivity index is 2.75. The maximum atomic E-state index is 11.9. The van der Waals surface area contributed by atoms with Crippen LogP contribution >= 0.6 is 0 Å². The number of sulfonamides is 1. The van der Waals surface area contributed by atoms with Crippen molar-refractivity contribution in [1.29, 1.82) is 0 Å². The fraction of sp³-hybridized carbons (Fsp3) is 0.357. The second kappa shape index (κ2) is 7.21. The fourth-order valence-electron chi connectivity index (χ4n) is 1.35. The summed E-state index contributed by atoms with van der Waals surface area (Å²) in [5.74, 6) is -0.257. The molecule has 0 aliphatic carbocycles. The minimum Gasteiger partial charge on any atom is -0.423 e. The molecule has 0 amide bonds. The lowest BCUT2D eigenvalue weighted by atomic mass is 10.3. The van der Waals surface area contributed by atoms with Crippen LogP contribution in [0.15, 0.2) is 41.3 Å². The molecular weight excluding hydrogens is 278 g/mol. The smallest absolute Gasteiger partial charge is 0.338 e. The van der Waals surface area contributed by atoms with Crippen LogP contribution in [0.4, 0.5) is 0 Å². The fourth-order valence-corrected chi connectivity index (χ4v) is 2.42. The van der Waals surface area contributed by atoms with Crippen molar-refractivity contribution in [2.24, 2.45) is 0 Å². The van der Waals surface area contributed by atoms with Crippen LogP contribution in [-0.4, -0.2) is 20.9 Å². The van der Waals surface area contributed by atoms with E-state index in [4.69, 9.17) is 4.74 Å². The van der Waals surface area contributed by atoms with E-state index in [0.29, 0.717) is 6.54 Å². The Bertz CT molecular complexity index is 576. The molecule has 1 N–H and O–H groups in total. The molecule has 0 heterocycles. The highest BCUT2D eigenvalue weighted by Crippen LogP contribution is 2.16. The van der Waals surface area contributed by atoms with Gasteiger partial charge in [0.25, 0.3) is 0 Å². The van der Waals surface area contributed by atoms with Gasteiger partial charge in [-0.15, -0.1) is 0 Å². The summed E-state index contributed by atoms with van der Waals surface area (Å²) in [6, 6.07) is 5.68. The van der Waals surface area contributed by atoms with Crippen molar-refractivity contribution in [3.05, 3.63) is 36.4 Å². The number of hydrogen-bond acceptors (Lipinski definition) is 4. The highest BCUT2D eigenvalue weighted by atomic mass is 32.2. The lowest BCUT2D eigenvalue weighted by Gasteiger charge is -2.07. The SMILES string of the molecule is C=C(C)C(=O)Oc1ccc(S(=O)(=O)NCCCC)cc1. The van der Waals surface area contributed by atoms with Gasteiger partial charge in [0, 0.05) is 12.1 Å². The summed E-state index contributed by atoms with van der Waals surface area (Å²) in [5, 5.41) is 0. The normalized spacial score (nSPS) is 11.1.